The summed E-state index contributed by atoms with van der Waals surface area (Å²) in [6.07, 6.45) is 0.446. The van der Waals surface area contributed by atoms with Gasteiger partial charge in [0, 0.05) is 18.7 Å². The van der Waals surface area contributed by atoms with Gasteiger partial charge in [0.1, 0.15) is 0 Å². The number of aromatic hydroxyl groups is 1. The molecule has 7 heteroatoms. The van der Waals surface area contributed by atoms with Crippen LogP contribution in [0.15, 0.2) is 70.2 Å². The van der Waals surface area contributed by atoms with Gasteiger partial charge in [0.15, 0.2) is 4.73 Å². The molecule has 0 saturated carbocycles. The highest BCUT2D eigenvalue weighted by molar-refractivity contribution is 9.10. The van der Waals surface area contributed by atoms with Crippen molar-refractivity contribution in [3.63, 3.8) is 0 Å². The van der Waals surface area contributed by atoms with Gasteiger partial charge in [0.25, 0.3) is 0 Å². The van der Waals surface area contributed by atoms with E-state index in [0.717, 1.165) is 21.7 Å². The van der Waals surface area contributed by atoms with E-state index >= 15 is 0 Å². The second kappa shape index (κ2) is 6.53. The largest absolute Gasteiger partial charge is 0.493 e. The topological polar surface area (TPSA) is 65.0 Å². The normalized spacial score (nSPS) is 12.6. The fourth-order valence-electron chi connectivity index (χ4n) is 3.79. The number of nitrogens with zero attached hydrogens (tertiary/aromatic N) is 4. The molecule has 0 aliphatic carbocycles. The van der Waals surface area contributed by atoms with Gasteiger partial charge in [-0.05, 0) is 33.6 Å². The third-order valence-corrected chi connectivity index (χ3v) is 5.77. The third-order valence-electron chi connectivity index (χ3n) is 5.17. The minimum absolute atomic E-state index is 0.00886. The van der Waals surface area contributed by atoms with Gasteiger partial charge in [-0.2, -0.15) is 0 Å². The molecule has 2 aromatic carbocycles. The summed E-state index contributed by atoms with van der Waals surface area (Å²) in [5.41, 5.74) is 4.04. The van der Waals surface area contributed by atoms with Crippen molar-refractivity contribution in [1.82, 2.24) is 18.7 Å². The fraction of sp³-hybridized carbons (Fsp3) is 0.143. The van der Waals surface area contributed by atoms with Gasteiger partial charge >= 0.3 is 5.69 Å². The summed E-state index contributed by atoms with van der Waals surface area (Å²) in [6, 6.07) is 19.3. The van der Waals surface area contributed by atoms with Crippen LogP contribution in [0, 0.1) is 0 Å². The zero-order valence-corrected chi connectivity index (χ0v) is 16.5. The minimum Gasteiger partial charge on any atom is -0.493 e. The Morgan fingerprint density at radius 1 is 1.00 bits per heavy atom. The standard InChI is InChI=1S/C21H17BrN4O2/c22-20-23-16-13-25-18(11-17(16)24(20)12-14-7-3-1-4-8-14)19(27)26(21(25)28)15-9-5-2-6-10-15/h1-10,27H,11-13H2. The van der Waals surface area contributed by atoms with Crippen LogP contribution in [0.4, 0.5) is 0 Å². The summed E-state index contributed by atoms with van der Waals surface area (Å²) in [6.45, 7) is 1.02. The Bertz CT molecular complexity index is 1220. The van der Waals surface area contributed by atoms with E-state index in [1.807, 2.05) is 48.5 Å². The molecule has 4 aromatic rings. The molecule has 0 fully saturated rings. The number of fused-ring (bicyclic) bond motifs is 2. The monoisotopic (exact) mass is 436 g/mol. The van der Waals surface area contributed by atoms with Crippen molar-refractivity contribution in [1.29, 1.82) is 0 Å². The Hall–Kier alpha value is -3.06. The zero-order chi connectivity index (χ0) is 19.3. The second-order valence-corrected chi connectivity index (χ2v) is 7.54. The van der Waals surface area contributed by atoms with Crippen molar-refractivity contribution < 1.29 is 5.11 Å². The first-order chi connectivity index (χ1) is 13.6. The average molecular weight is 437 g/mol. The van der Waals surface area contributed by atoms with Gasteiger partial charge in [-0.1, -0.05) is 48.5 Å². The maximum Gasteiger partial charge on any atom is 0.336 e. The second-order valence-electron chi connectivity index (χ2n) is 6.83. The molecule has 0 saturated heterocycles. The molecule has 0 unspecified atom stereocenters. The quantitative estimate of drug-likeness (QED) is 0.471. The molecule has 28 heavy (non-hydrogen) atoms. The van der Waals surface area contributed by atoms with E-state index in [1.165, 1.54) is 4.57 Å². The summed E-state index contributed by atoms with van der Waals surface area (Å²) in [5, 5.41) is 10.8. The van der Waals surface area contributed by atoms with Crippen LogP contribution in [0.2, 0.25) is 0 Å². The van der Waals surface area contributed by atoms with E-state index in [2.05, 4.69) is 37.6 Å². The van der Waals surface area contributed by atoms with Crippen LogP contribution in [0.5, 0.6) is 5.88 Å². The van der Waals surface area contributed by atoms with Gasteiger partial charge in [0.2, 0.25) is 5.88 Å². The maximum absolute atomic E-state index is 12.9. The van der Waals surface area contributed by atoms with Gasteiger partial charge in [-0.3, -0.25) is 4.57 Å². The number of rotatable bonds is 3. The number of hydrogen-bond acceptors (Lipinski definition) is 3. The Kier molecular flexibility index (Phi) is 3.98. The molecule has 2 aromatic heterocycles. The highest BCUT2D eigenvalue weighted by Crippen LogP contribution is 2.31. The molecule has 1 N–H and O–H groups in total. The Labute approximate surface area is 169 Å². The Morgan fingerprint density at radius 2 is 1.68 bits per heavy atom. The first-order valence-corrected chi connectivity index (χ1v) is 9.79. The minimum atomic E-state index is -0.252. The van der Waals surface area contributed by atoms with Crippen molar-refractivity contribution in [2.75, 3.05) is 0 Å². The molecular formula is C21H17BrN4O2. The van der Waals surface area contributed by atoms with Crippen LogP contribution in [0.1, 0.15) is 22.6 Å². The van der Waals surface area contributed by atoms with Gasteiger partial charge in [-0.25, -0.2) is 14.3 Å². The van der Waals surface area contributed by atoms with Gasteiger partial charge in [0.05, 0.1) is 23.6 Å². The predicted octanol–water partition coefficient (Wildman–Crippen LogP) is 3.30. The zero-order valence-electron chi connectivity index (χ0n) is 14.9. The lowest BCUT2D eigenvalue weighted by atomic mass is 10.1. The SMILES string of the molecule is O=c1n2c(c(O)n1-c1ccccc1)Cc1c(nc(Br)n1Cc1ccccc1)C2. The van der Waals surface area contributed by atoms with Crippen molar-refractivity contribution in [3.8, 4) is 11.6 Å². The van der Waals surface area contributed by atoms with E-state index in [-0.39, 0.29) is 11.6 Å². The number of halogens is 1. The molecular weight excluding hydrogens is 420 g/mol. The van der Waals surface area contributed by atoms with E-state index in [1.54, 1.807) is 4.57 Å². The third kappa shape index (κ3) is 2.62. The number of benzene rings is 2. The molecule has 5 rings (SSSR count). The van der Waals surface area contributed by atoms with E-state index in [4.69, 9.17) is 0 Å². The maximum atomic E-state index is 12.9. The van der Waals surface area contributed by atoms with Gasteiger partial charge < -0.3 is 9.67 Å². The summed E-state index contributed by atoms with van der Waals surface area (Å²) >= 11 is 3.55. The highest BCUT2D eigenvalue weighted by atomic mass is 79.9. The van der Waals surface area contributed by atoms with Gasteiger partial charge in [-0.15, -0.1) is 0 Å². The number of aromatic nitrogens is 4. The number of imidazole rings is 2. The highest BCUT2D eigenvalue weighted by Gasteiger charge is 2.29. The first kappa shape index (κ1) is 17.1. The predicted molar refractivity (Wildman–Crippen MR) is 109 cm³/mol. The lowest BCUT2D eigenvalue weighted by Gasteiger charge is -2.16. The van der Waals surface area contributed by atoms with Crippen LogP contribution >= 0.6 is 15.9 Å². The van der Waals surface area contributed by atoms with E-state index in [9.17, 15) is 9.90 Å². The number of hydrogen-bond donors (Lipinski definition) is 1. The van der Waals surface area contributed by atoms with E-state index in [0.29, 0.717) is 30.9 Å². The Morgan fingerprint density at radius 3 is 2.39 bits per heavy atom. The Balaban J connectivity index is 1.59. The van der Waals surface area contributed by atoms with Crippen molar-refractivity contribution in [2.45, 2.75) is 19.5 Å². The molecule has 0 bridgehead atoms. The summed E-state index contributed by atoms with van der Waals surface area (Å²) in [7, 11) is 0. The summed E-state index contributed by atoms with van der Waals surface area (Å²) in [4.78, 5) is 17.6. The lowest BCUT2D eigenvalue weighted by molar-refractivity contribution is 0.433. The molecule has 1 aliphatic heterocycles. The molecule has 6 nitrogen and oxygen atoms in total. The first-order valence-electron chi connectivity index (χ1n) is 9.00. The number of para-hydroxylation sites is 1. The van der Waals surface area contributed by atoms with Crippen molar-refractivity contribution in [3.05, 3.63) is 98.5 Å². The van der Waals surface area contributed by atoms with E-state index < -0.39 is 0 Å². The molecule has 0 amide bonds. The van der Waals surface area contributed by atoms with Crippen molar-refractivity contribution in [2.24, 2.45) is 0 Å². The van der Waals surface area contributed by atoms with Crippen molar-refractivity contribution >= 4 is 15.9 Å². The fourth-order valence-corrected chi connectivity index (χ4v) is 4.34. The van der Waals surface area contributed by atoms with Crippen LogP contribution in [-0.4, -0.2) is 23.8 Å². The summed E-state index contributed by atoms with van der Waals surface area (Å²) < 4.78 is 5.79. The van der Waals surface area contributed by atoms with Crippen LogP contribution in [-0.2, 0) is 19.5 Å². The average Bonchev–Trinajstić information content (AvgIpc) is 3.15. The molecule has 0 radical (unpaired) electrons. The molecule has 0 spiro atoms. The molecule has 140 valence electrons. The lowest BCUT2D eigenvalue weighted by Crippen LogP contribution is -2.27. The van der Waals surface area contributed by atoms with Crippen LogP contribution in [0.3, 0.4) is 0 Å². The smallest absolute Gasteiger partial charge is 0.336 e. The molecule has 1 aliphatic rings. The summed E-state index contributed by atoms with van der Waals surface area (Å²) in [5.74, 6) is -0.00886. The van der Waals surface area contributed by atoms with Crippen LogP contribution in [0.25, 0.3) is 5.69 Å². The molecule has 0 atom stereocenters. The molecule has 3 heterocycles. The van der Waals surface area contributed by atoms with Crippen LogP contribution < -0.4 is 5.69 Å².